The van der Waals surface area contributed by atoms with E-state index in [1.807, 2.05) is 16.9 Å². The number of hydrogen-bond donors (Lipinski definition) is 1. The lowest BCUT2D eigenvalue weighted by atomic mass is 9.70. The van der Waals surface area contributed by atoms with Crippen LogP contribution in [0.25, 0.3) is 0 Å². The molecular formula is C14H19N5O. The van der Waals surface area contributed by atoms with E-state index < -0.39 is 0 Å². The molecule has 1 aliphatic carbocycles. The van der Waals surface area contributed by atoms with Crippen LogP contribution in [0.4, 0.5) is 0 Å². The molecule has 4 rings (SSSR count). The van der Waals surface area contributed by atoms with Crippen molar-refractivity contribution in [1.82, 2.24) is 25.2 Å². The number of aromatic nitrogens is 4. The van der Waals surface area contributed by atoms with Crippen molar-refractivity contribution in [3.8, 4) is 0 Å². The SMILES string of the molecule is c1cnn(Cc2noc([C@@]34CCCC[C@@H]3NCC4)n2)c1. The molecule has 20 heavy (non-hydrogen) atoms. The predicted octanol–water partition coefficient (Wildman–Crippen LogP) is 1.49. The Morgan fingerprint density at radius 2 is 2.40 bits per heavy atom. The van der Waals surface area contributed by atoms with Crippen LogP contribution in [-0.2, 0) is 12.0 Å². The van der Waals surface area contributed by atoms with Gasteiger partial charge in [-0.15, -0.1) is 0 Å². The second-order valence-electron chi connectivity index (χ2n) is 5.88. The Morgan fingerprint density at radius 1 is 1.40 bits per heavy atom. The van der Waals surface area contributed by atoms with Gasteiger partial charge in [0.25, 0.3) is 0 Å². The summed E-state index contributed by atoms with van der Waals surface area (Å²) in [5.41, 5.74) is 0.0770. The Morgan fingerprint density at radius 3 is 3.30 bits per heavy atom. The summed E-state index contributed by atoms with van der Waals surface area (Å²) in [5, 5.41) is 11.9. The largest absolute Gasteiger partial charge is 0.339 e. The van der Waals surface area contributed by atoms with Gasteiger partial charge in [-0.3, -0.25) is 4.68 Å². The van der Waals surface area contributed by atoms with Crippen molar-refractivity contribution >= 4 is 0 Å². The number of nitrogens with zero attached hydrogens (tertiary/aromatic N) is 4. The molecule has 1 aliphatic heterocycles. The van der Waals surface area contributed by atoms with E-state index in [1.54, 1.807) is 6.20 Å². The van der Waals surface area contributed by atoms with Crippen molar-refractivity contribution in [2.75, 3.05) is 6.54 Å². The van der Waals surface area contributed by atoms with E-state index in [0.29, 0.717) is 18.4 Å². The van der Waals surface area contributed by atoms with Gasteiger partial charge in [-0.25, -0.2) is 0 Å². The maximum atomic E-state index is 5.62. The van der Waals surface area contributed by atoms with Gasteiger partial charge in [0, 0.05) is 18.4 Å². The third-order valence-electron chi connectivity index (χ3n) is 4.75. The standard InChI is InChI=1S/C14H19N5O/c1-2-5-14(6-8-15-11(14)4-1)13-17-12(18-20-13)10-19-9-3-7-16-19/h3,7,9,11,15H,1-2,4-6,8,10H2/t11-,14+/m0/s1. The summed E-state index contributed by atoms with van der Waals surface area (Å²) in [4.78, 5) is 4.66. The predicted molar refractivity (Wildman–Crippen MR) is 72.2 cm³/mol. The van der Waals surface area contributed by atoms with E-state index in [4.69, 9.17) is 4.52 Å². The lowest BCUT2D eigenvalue weighted by Crippen LogP contribution is -2.43. The van der Waals surface area contributed by atoms with Crippen LogP contribution in [0, 0.1) is 0 Å². The minimum absolute atomic E-state index is 0.0770. The van der Waals surface area contributed by atoms with Gasteiger partial charge in [0.2, 0.25) is 5.89 Å². The Balaban J connectivity index is 1.60. The molecule has 6 nitrogen and oxygen atoms in total. The van der Waals surface area contributed by atoms with Gasteiger partial charge < -0.3 is 9.84 Å². The highest BCUT2D eigenvalue weighted by atomic mass is 16.5. The highest BCUT2D eigenvalue weighted by Crippen LogP contribution is 2.44. The molecule has 0 radical (unpaired) electrons. The average molecular weight is 273 g/mol. The van der Waals surface area contributed by atoms with Gasteiger partial charge in [0.1, 0.15) is 6.54 Å². The fourth-order valence-electron chi connectivity index (χ4n) is 3.73. The molecule has 1 saturated carbocycles. The molecule has 6 heteroatoms. The van der Waals surface area contributed by atoms with Gasteiger partial charge in [0.05, 0.1) is 5.41 Å². The lowest BCUT2D eigenvalue weighted by Gasteiger charge is -2.35. The van der Waals surface area contributed by atoms with E-state index in [-0.39, 0.29) is 5.41 Å². The summed E-state index contributed by atoms with van der Waals surface area (Å²) in [6.07, 6.45) is 9.72. The van der Waals surface area contributed by atoms with Crippen molar-refractivity contribution in [3.05, 3.63) is 30.2 Å². The van der Waals surface area contributed by atoms with Crippen molar-refractivity contribution < 1.29 is 4.52 Å². The quantitative estimate of drug-likeness (QED) is 0.917. The first-order valence-electron chi connectivity index (χ1n) is 7.41. The summed E-state index contributed by atoms with van der Waals surface area (Å²) < 4.78 is 7.43. The minimum Gasteiger partial charge on any atom is -0.339 e. The van der Waals surface area contributed by atoms with Gasteiger partial charge >= 0.3 is 0 Å². The highest BCUT2D eigenvalue weighted by molar-refractivity contribution is 5.16. The van der Waals surface area contributed by atoms with Gasteiger partial charge in [-0.2, -0.15) is 10.1 Å². The second kappa shape index (κ2) is 4.70. The van der Waals surface area contributed by atoms with Gasteiger partial charge in [0.15, 0.2) is 5.82 Å². The van der Waals surface area contributed by atoms with Crippen LogP contribution in [0.15, 0.2) is 23.0 Å². The van der Waals surface area contributed by atoms with Gasteiger partial charge in [-0.1, -0.05) is 18.0 Å². The van der Waals surface area contributed by atoms with Crippen molar-refractivity contribution in [3.63, 3.8) is 0 Å². The maximum Gasteiger partial charge on any atom is 0.234 e. The van der Waals surface area contributed by atoms with Gasteiger partial charge in [-0.05, 0) is 31.9 Å². The second-order valence-corrected chi connectivity index (χ2v) is 5.88. The van der Waals surface area contributed by atoms with Crippen molar-refractivity contribution in [2.45, 2.75) is 50.1 Å². The number of rotatable bonds is 3. The molecule has 2 aliphatic rings. The van der Waals surface area contributed by atoms with E-state index >= 15 is 0 Å². The minimum atomic E-state index is 0.0770. The summed E-state index contributed by atoms with van der Waals surface area (Å²) >= 11 is 0. The third kappa shape index (κ3) is 1.86. The molecule has 1 N–H and O–H groups in total. The van der Waals surface area contributed by atoms with Crippen LogP contribution in [0.5, 0.6) is 0 Å². The number of fused-ring (bicyclic) bond motifs is 1. The summed E-state index contributed by atoms with van der Waals surface area (Å²) in [5.74, 6) is 1.55. The monoisotopic (exact) mass is 273 g/mol. The molecular weight excluding hydrogens is 254 g/mol. The first-order chi connectivity index (χ1) is 9.87. The van der Waals surface area contributed by atoms with E-state index in [2.05, 4.69) is 20.6 Å². The third-order valence-corrected chi connectivity index (χ3v) is 4.75. The zero-order chi connectivity index (χ0) is 13.4. The van der Waals surface area contributed by atoms with Crippen molar-refractivity contribution in [1.29, 1.82) is 0 Å². The van der Waals surface area contributed by atoms with Crippen LogP contribution in [0.2, 0.25) is 0 Å². The molecule has 2 fully saturated rings. The van der Waals surface area contributed by atoms with Crippen LogP contribution in [0.1, 0.15) is 43.8 Å². The highest BCUT2D eigenvalue weighted by Gasteiger charge is 2.49. The molecule has 3 heterocycles. The molecule has 2 aromatic rings. The molecule has 1 saturated heterocycles. The Kier molecular flexibility index (Phi) is 2.84. The normalized spacial score (nSPS) is 29.5. The molecule has 2 atom stereocenters. The summed E-state index contributed by atoms with van der Waals surface area (Å²) in [7, 11) is 0. The van der Waals surface area contributed by atoms with Crippen LogP contribution < -0.4 is 5.32 Å². The molecule has 0 aromatic carbocycles. The average Bonchev–Trinajstić information content (AvgIpc) is 3.19. The molecule has 106 valence electrons. The zero-order valence-electron chi connectivity index (χ0n) is 11.5. The topological polar surface area (TPSA) is 68.8 Å². The Labute approximate surface area is 117 Å². The van der Waals surface area contributed by atoms with Crippen LogP contribution in [0.3, 0.4) is 0 Å². The summed E-state index contributed by atoms with van der Waals surface area (Å²) in [6, 6.07) is 2.41. The van der Waals surface area contributed by atoms with Crippen LogP contribution >= 0.6 is 0 Å². The zero-order valence-corrected chi connectivity index (χ0v) is 11.5. The smallest absolute Gasteiger partial charge is 0.234 e. The van der Waals surface area contributed by atoms with Crippen LogP contribution in [-0.4, -0.2) is 32.5 Å². The molecule has 0 spiro atoms. The first kappa shape index (κ1) is 12.1. The van der Waals surface area contributed by atoms with E-state index in [9.17, 15) is 0 Å². The molecule has 2 aromatic heterocycles. The number of nitrogens with one attached hydrogen (secondary N) is 1. The fourth-order valence-corrected chi connectivity index (χ4v) is 3.73. The van der Waals surface area contributed by atoms with Crippen molar-refractivity contribution in [2.24, 2.45) is 0 Å². The van der Waals surface area contributed by atoms with E-state index in [0.717, 1.165) is 25.3 Å². The molecule has 0 bridgehead atoms. The fraction of sp³-hybridized carbons (Fsp3) is 0.643. The van der Waals surface area contributed by atoms with E-state index in [1.165, 1.54) is 19.3 Å². The molecule has 0 amide bonds. The Hall–Kier alpha value is -1.69. The maximum absolute atomic E-state index is 5.62. The Bertz CT molecular complexity index is 578. The lowest BCUT2D eigenvalue weighted by molar-refractivity contribution is 0.199. The first-order valence-corrected chi connectivity index (χ1v) is 7.41. The summed E-state index contributed by atoms with van der Waals surface area (Å²) in [6.45, 7) is 1.63. The molecule has 0 unspecified atom stereocenters. The number of hydrogen-bond acceptors (Lipinski definition) is 5.